The first-order chi connectivity index (χ1) is 11.9. The summed E-state index contributed by atoms with van der Waals surface area (Å²) in [6.45, 7) is 0.117. The Bertz CT molecular complexity index is 829. The Labute approximate surface area is 153 Å². The SMILES string of the molecule is O=C(CCCN(c1ccc(Cl)cc1)[SH](=O)=O)Nc1ncc([N+](=O)[O-])s1. The second kappa shape index (κ2) is 8.74. The molecule has 1 aromatic heterocycles. The van der Waals surface area contributed by atoms with Crippen LogP contribution in [0.15, 0.2) is 30.5 Å². The van der Waals surface area contributed by atoms with Crippen LogP contribution in [-0.2, 0) is 15.7 Å². The highest BCUT2D eigenvalue weighted by molar-refractivity contribution is 7.74. The van der Waals surface area contributed by atoms with Crippen LogP contribution in [0, 0.1) is 10.1 Å². The van der Waals surface area contributed by atoms with Gasteiger partial charge in [0.1, 0.15) is 6.20 Å². The lowest BCUT2D eigenvalue weighted by Gasteiger charge is -2.17. The molecule has 1 heterocycles. The van der Waals surface area contributed by atoms with E-state index in [0.717, 1.165) is 21.8 Å². The first kappa shape index (κ1) is 19.1. The number of carbonyl (C=O) groups excluding carboxylic acids is 1. The minimum Gasteiger partial charge on any atom is -0.302 e. The Balaban J connectivity index is 1.87. The maximum atomic E-state index is 11.8. The molecule has 0 spiro atoms. The van der Waals surface area contributed by atoms with E-state index in [-0.39, 0.29) is 29.5 Å². The van der Waals surface area contributed by atoms with Gasteiger partial charge in [0.2, 0.25) is 16.8 Å². The number of thiol groups is 1. The zero-order valence-corrected chi connectivity index (χ0v) is 15.1. The number of benzene rings is 1. The number of anilines is 2. The van der Waals surface area contributed by atoms with Crippen molar-refractivity contribution in [3.63, 3.8) is 0 Å². The predicted molar refractivity (Wildman–Crippen MR) is 95.7 cm³/mol. The van der Waals surface area contributed by atoms with Gasteiger partial charge < -0.3 is 5.32 Å². The molecule has 0 saturated heterocycles. The fraction of sp³-hybridized carbons (Fsp3) is 0.231. The number of hydrogen-bond donors (Lipinski definition) is 2. The van der Waals surface area contributed by atoms with Gasteiger partial charge >= 0.3 is 5.00 Å². The van der Waals surface area contributed by atoms with E-state index in [9.17, 15) is 23.3 Å². The number of halogens is 1. The molecule has 1 aromatic carbocycles. The summed E-state index contributed by atoms with van der Waals surface area (Å²) >= 11 is 6.52. The third-order valence-electron chi connectivity index (χ3n) is 3.02. The molecular weight excluding hydrogens is 392 g/mol. The monoisotopic (exact) mass is 404 g/mol. The highest BCUT2D eigenvalue weighted by Crippen LogP contribution is 2.25. The van der Waals surface area contributed by atoms with E-state index in [1.54, 1.807) is 24.3 Å². The molecule has 0 saturated carbocycles. The van der Waals surface area contributed by atoms with Gasteiger partial charge in [0.25, 0.3) is 0 Å². The van der Waals surface area contributed by atoms with E-state index >= 15 is 0 Å². The number of rotatable bonds is 8. The number of nitro groups is 1. The molecule has 9 nitrogen and oxygen atoms in total. The third-order valence-corrected chi connectivity index (χ3v) is 4.96. The number of thiazole rings is 1. The summed E-state index contributed by atoms with van der Waals surface area (Å²) in [5.41, 5.74) is 0.455. The molecule has 25 heavy (non-hydrogen) atoms. The van der Waals surface area contributed by atoms with Gasteiger partial charge in [0.15, 0.2) is 5.13 Å². The minimum atomic E-state index is -2.86. The van der Waals surface area contributed by atoms with Gasteiger partial charge in [-0.25, -0.2) is 13.4 Å². The summed E-state index contributed by atoms with van der Waals surface area (Å²) in [5, 5.41) is 13.4. The number of aromatic nitrogens is 1. The average Bonchev–Trinajstić information content (AvgIpc) is 3.01. The summed E-state index contributed by atoms with van der Waals surface area (Å²) in [7, 11) is -2.86. The van der Waals surface area contributed by atoms with Crippen LogP contribution in [0.25, 0.3) is 0 Å². The molecule has 12 heteroatoms. The van der Waals surface area contributed by atoms with Crippen LogP contribution in [0.1, 0.15) is 12.8 Å². The lowest BCUT2D eigenvalue weighted by molar-refractivity contribution is -0.380. The largest absolute Gasteiger partial charge is 0.345 e. The van der Waals surface area contributed by atoms with E-state index in [1.807, 2.05) is 0 Å². The van der Waals surface area contributed by atoms with Gasteiger partial charge in [-0.15, -0.1) is 0 Å². The molecule has 0 aliphatic rings. The quantitative estimate of drug-likeness (QED) is 0.396. The van der Waals surface area contributed by atoms with Crippen molar-refractivity contribution in [2.75, 3.05) is 16.2 Å². The molecule has 1 N–H and O–H groups in total. The van der Waals surface area contributed by atoms with Crippen molar-refractivity contribution in [3.05, 3.63) is 45.6 Å². The Morgan fingerprint density at radius 2 is 2.04 bits per heavy atom. The standard InChI is InChI=1S/C13H13ClN4O5S2/c14-9-3-5-10(6-4-9)17(25(22)23)7-1-2-11(19)16-13-15-8-12(24-13)18(20)21/h3-6,8,25H,1-2,7H2,(H,15,16,19). The van der Waals surface area contributed by atoms with E-state index in [1.165, 1.54) is 0 Å². The maximum absolute atomic E-state index is 11.8. The Morgan fingerprint density at radius 1 is 1.36 bits per heavy atom. The second-order valence-electron chi connectivity index (χ2n) is 4.75. The Morgan fingerprint density at radius 3 is 2.60 bits per heavy atom. The summed E-state index contributed by atoms with van der Waals surface area (Å²) < 4.78 is 23.9. The molecule has 134 valence electrons. The Kier molecular flexibility index (Phi) is 6.67. The van der Waals surface area contributed by atoms with E-state index in [2.05, 4.69) is 10.3 Å². The highest BCUT2D eigenvalue weighted by Gasteiger charge is 2.14. The number of nitrogens with one attached hydrogen (secondary N) is 1. The molecule has 0 atom stereocenters. The third kappa shape index (κ3) is 5.66. The first-order valence-corrected chi connectivity index (χ1v) is 9.27. The summed E-state index contributed by atoms with van der Waals surface area (Å²) in [5.74, 6) is -0.401. The number of carbonyl (C=O) groups is 1. The van der Waals surface area contributed by atoms with Gasteiger partial charge in [0, 0.05) is 18.0 Å². The molecule has 0 bridgehead atoms. The van der Waals surface area contributed by atoms with Crippen molar-refractivity contribution in [2.45, 2.75) is 12.8 Å². The normalized spacial score (nSPS) is 10.6. The predicted octanol–water partition coefficient (Wildman–Crippen LogP) is 2.46. The van der Waals surface area contributed by atoms with Crippen LogP contribution < -0.4 is 9.62 Å². The van der Waals surface area contributed by atoms with Crippen LogP contribution in [0.2, 0.25) is 5.02 Å². The number of hydrogen-bond acceptors (Lipinski definition) is 7. The Hall–Kier alpha value is -2.24. The fourth-order valence-corrected chi connectivity index (χ4v) is 3.30. The minimum absolute atomic E-state index is 0.0423. The molecule has 0 unspecified atom stereocenters. The fourth-order valence-electron chi connectivity index (χ4n) is 1.90. The van der Waals surface area contributed by atoms with Gasteiger partial charge in [-0.1, -0.05) is 11.6 Å². The topological polar surface area (TPSA) is 123 Å². The maximum Gasteiger partial charge on any atom is 0.345 e. The van der Waals surface area contributed by atoms with E-state index in [0.29, 0.717) is 10.7 Å². The van der Waals surface area contributed by atoms with Crippen LogP contribution in [-0.4, -0.2) is 30.8 Å². The molecule has 0 fully saturated rings. The zero-order chi connectivity index (χ0) is 18.4. The number of nitrogens with zero attached hydrogens (tertiary/aromatic N) is 3. The van der Waals surface area contributed by atoms with Crippen LogP contribution in [0.4, 0.5) is 15.8 Å². The van der Waals surface area contributed by atoms with Gasteiger partial charge in [-0.2, -0.15) is 0 Å². The molecular formula is C13H13ClN4O5S2. The van der Waals surface area contributed by atoms with Crippen molar-refractivity contribution in [1.29, 1.82) is 0 Å². The van der Waals surface area contributed by atoms with Crippen molar-refractivity contribution < 1.29 is 18.1 Å². The van der Waals surface area contributed by atoms with Gasteiger partial charge in [-0.3, -0.25) is 19.2 Å². The van der Waals surface area contributed by atoms with E-state index < -0.39 is 21.7 Å². The molecule has 0 aliphatic carbocycles. The van der Waals surface area contributed by atoms with Gasteiger partial charge in [0.05, 0.1) is 10.6 Å². The van der Waals surface area contributed by atoms with Crippen molar-refractivity contribution >= 4 is 55.6 Å². The highest BCUT2D eigenvalue weighted by atomic mass is 35.5. The van der Waals surface area contributed by atoms with Crippen molar-refractivity contribution in [2.24, 2.45) is 0 Å². The summed E-state index contributed by atoms with van der Waals surface area (Å²) in [6, 6.07) is 6.29. The van der Waals surface area contributed by atoms with Crippen LogP contribution in [0.3, 0.4) is 0 Å². The lowest BCUT2D eigenvalue weighted by atomic mass is 10.2. The van der Waals surface area contributed by atoms with Crippen molar-refractivity contribution in [3.8, 4) is 0 Å². The number of amides is 1. The molecule has 0 aliphatic heterocycles. The first-order valence-electron chi connectivity index (χ1n) is 6.94. The molecule has 0 radical (unpaired) electrons. The second-order valence-corrected chi connectivity index (χ2v) is 7.15. The average molecular weight is 405 g/mol. The molecule has 1 amide bonds. The zero-order valence-electron chi connectivity index (χ0n) is 12.6. The van der Waals surface area contributed by atoms with Crippen LogP contribution >= 0.6 is 22.9 Å². The van der Waals surface area contributed by atoms with E-state index in [4.69, 9.17) is 11.6 Å². The lowest BCUT2D eigenvalue weighted by Crippen LogP contribution is -2.23. The van der Waals surface area contributed by atoms with Gasteiger partial charge in [-0.05, 0) is 42.0 Å². The molecule has 2 aromatic rings. The van der Waals surface area contributed by atoms with Crippen molar-refractivity contribution in [1.82, 2.24) is 4.98 Å². The summed E-state index contributed by atoms with van der Waals surface area (Å²) in [6.07, 6.45) is 1.37. The molecule has 2 rings (SSSR count). The summed E-state index contributed by atoms with van der Waals surface area (Å²) in [4.78, 5) is 25.5. The smallest absolute Gasteiger partial charge is 0.302 e. The van der Waals surface area contributed by atoms with Crippen LogP contribution in [0.5, 0.6) is 0 Å².